The molecule has 3 heterocycles. The lowest BCUT2D eigenvalue weighted by molar-refractivity contribution is -0.121. The summed E-state index contributed by atoms with van der Waals surface area (Å²) in [5.41, 5.74) is 21.9. The van der Waals surface area contributed by atoms with E-state index in [2.05, 4.69) is 30.9 Å². The fourth-order valence-electron chi connectivity index (χ4n) is 6.12. The van der Waals surface area contributed by atoms with Gasteiger partial charge in [0.25, 0.3) is 0 Å². The lowest BCUT2D eigenvalue weighted by Crippen LogP contribution is -2.45. The van der Waals surface area contributed by atoms with Crippen molar-refractivity contribution in [3.8, 4) is 0 Å². The number of nitrogens with one attached hydrogen (secondary N) is 3. The largest absolute Gasteiger partial charge is 0.324 e. The molecule has 3 aromatic carbocycles. The van der Waals surface area contributed by atoms with Crippen LogP contribution in [0.2, 0.25) is 0 Å². The molecule has 0 radical (unpaired) electrons. The molecule has 3 aromatic heterocycles. The standard InChI is InChI=1S/C43H43N9O3/c1-41(44,31-16-22-47-23-17-31)38(53)50-34-10-4-28(5-11-34)37(29-6-12-35(13-7-29)51-39(54)42(2,45)32-18-24-48-25-19-32)30-8-14-36(15-9-30)52-40(55)43(3,46)33-20-26-49-27-21-33/h4-27,37H,44-46H2,1-3H3,(H,50,53)(H,51,54)(H,52,55)/t41-,42-,43-/m0/s1. The number of anilines is 3. The highest BCUT2D eigenvalue weighted by Crippen LogP contribution is 2.35. The van der Waals surface area contributed by atoms with Crippen molar-refractivity contribution in [3.63, 3.8) is 0 Å². The zero-order valence-corrected chi connectivity index (χ0v) is 30.7. The number of hydrogen-bond donors (Lipinski definition) is 6. The number of pyridine rings is 3. The van der Waals surface area contributed by atoms with E-state index in [0.29, 0.717) is 33.8 Å². The Bertz CT molecular complexity index is 1990. The van der Waals surface area contributed by atoms with E-state index in [4.69, 9.17) is 17.2 Å². The highest BCUT2D eigenvalue weighted by atomic mass is 16.2. The van der Waals surface area contributed by atoms with Crippen LogP contribution in [0, 0.1) is 0 Å². The van der Waals surface area contributed by atoms with Gasteiger partial charge in [-0.25, -0.2) is 0 Å². The van der Waals surface area contributed by atoms with Crippen molar-refractivity contribution < 1.29 is 14.4 Å². The van der Waals surface area contributed by atoms with Crippen LogP contribution in [0.25, 0.3) is 0 Å². The van der Waals surface area contributed by atoms with E-state index in [1.54, 1.807) is 94.4 Å². The number of nitrogens with zero attached hydrogens (tertiary/aromatic N) is 3. The SMILES string of the molecule is C[C@@](N)(C(=O)Nc1ccc(C(c2ccc(NC(=O)[C@@](C)(N)c3ccncc3)cc2)c2ccc(NC(=O)[C@@](C)(N)c3ccncc3)cc2)cc1)c1ccncc1. The third-order valence-corrected chi connectivity index (χ3v) is 9.76. The molecule has 3 atom stereocenters. The van der Waals surface area contributed by atoms with Crippen LogP contribution < -0.4 is 33.2 Å². The number of rotatable bonds is 12. The number of carbonyl (C=O) groups is 3. The second-order valence-electron chi connectivity index (χ2n) is 14.0. The van der Waals surface area contributed by atoms with Crippen LogP contribution in [-0.4, -0.2) is 32.7 Å². The molecule has 55 heavy (non-hydrogen) atoms. The average Bonchev–Trinajstić information content (AvgIpc) is 3.20. The van der Waals surface area contributed by atoms with Gasteiger partial charge in [-0.15, -0.1) is 0 Å². The van der Waals surface area contributed by atoms with Gasteiger partial charge in [0.05, 0.1) is 0 Å². The summed E-state index contributed by atoms with van der Waals surface area (Å²) in [7, 11) is 0. The zero-order valence-electron chi connectivity index (χ0n) is 30.7. The highest BCUT2D eigenvalue weighted by Gasteiger charge is 2.33. The minimum atomic E-state index is -1.28. The van der Waals surface area contributed by atoms with Crippen LogP contribution in [0.3, 0.4) is 0 Å². The highest BCUT2D eigenvalue weighted by molar-refractivity contribution is 5.99. The number of nitrogens with two attached hydrogens (primary N) is 3. The molecule has 3 amide bonds. The Kier molecular flexibility index (Phi) is 10.9. The average molecular weight is 734 g/mol. The Morgan fingerprint density at radius 1 is 0.418 bits per heavy atom. The van der Waals surface area contributed by atoms with E-state index in [1.165, 1.54) is 0 Å². The molecular weight excluding hydrogens is 691 g/mol. The van der Waals surface area contributed by atoms with E-state index in [9.17, 15) is 14.4 Å². The lowest BCUT2D eigenvalue weighted by Gasteiger charge is -2.25. The van der Waals surface area contributed by atoms with Crippen molar-refractivity contribution >= 4 is 34.8 Å². The van der Waals surface area contributed by atoms with Crippen LogP contribution in [0.4, 0.5) is 17.1 Å². The van der Waals surface area contributed by atoms with Gasteiger partial charge >= 0.3 is 0 Å². The first-order chi connectivity index (χ1) is 26.3. The molecule has 12 heteroatoms. The van der Waals surface area contributed by atoms with Crippen molar-refractivity contribution in [2.45, 2.75) is 43.3 Å². The Hall–Kier alpha value is -6.60. The van der Waals surface area contributed by atoms with Gasteiger partial charge in [0.2, 0.25) is 17.7 Å². The molecular formula is C43H43N9O3. The summed E-state index contributed by atoms with van der Waals surface area (Å²) in [5.74, 6) is -1.38. The molecule has 0 aliphatic heterocycles. The van der Waals surface area contributed by atoms with Gasteiger partial charge in [0.1, 0.15) is 16.6 Å². The monoisotopic (exact) mass is 733 g/mol. The second-order valence-corrected chi connectivity index (χ2v) is 14.0. The summed E-state index contributed by atoms with van der Waals surface area (Å²) >= 11 is 0. The lowest BCUT2D eigenvalue weighted by atomic mass is 9.85. The third-order valence-electron chi connectivity index (χ3n) is 9.76. The fraction of sp³-hybridized carbons (Fsp3) is 0.163. The number of amides is 3. The van der Waals surface area contributed by atoms with E-state index in [-0.39, 0.29) is 23.6 Å². The summed E-state index contributed by atoms with van der Waals surface area (Å²) in [6.45, 7) is 4.96. The van der Waals surface area contributed by atoms with Crippen molar-refractivity contribution in [1.29, 1.82) is 0 Å². The Morgan fingerprint density at radius 3 is 0.855 bits per heavy atom. The normalized spacial score (nSPS) is 14.5. The molecule has 278 valence electrons. The summed E-state index contributed by atoms with van der Waals surface area (Å²) in [6, 6.07) is 32.9. The molecule has 6 rings (SSSR count). The van der Waals surface area contributed by atoms with E-state index >= 15 is 0 Å². The molecule has 0 aliphatic rings. The maximum absolute atomic E-state index is 13.3. The first kappa shape index (κ1) is 38.1. The minimum Gasteiger partial charge on any atom is -0.324 e. The van der Waals surface area contributed by atoms with Gasteiger partial charge in [-0.3, -0.25) is 29.3 Å². The van der Waals surface area contributed by atoms with E-state index in [1.807, 2.05) is 72.8 Å². The van der Waals surface area contributed by atoms with Crippen LogP contribution in [0.5, 0.6) is 0 Å². The van der Waals surface area contributed by atoms with Crippen LogP contribution >= 0.6 is 0 Å². The zero-order chi connectivity index (χ0) is 39.2. The maximum Gasteiger partial charge on any atom is 0.248 e. The van der Waals surface area contributed by atoms with Crippen molar-refractivity contribution in [2.24, 2.45) is 17.2 Å². The van der Waals surface area contributed by atoms with Crippen LogP contribution in [0.1, 0.15) is 60.1 Å². The maximum atomic E-state index is 13.3. The second kappa shape index (κ2) is 15.8. The number of hydrogen-bond acceptors (Lipinski definition) is 9. The van der Waals surface area contributed by atoms with Gasteiger partial charge < -0.3 is 33.2 Å². The molecule has 0 bridgehead atoms. The molecule has 0 spiro atoms. The predicted molar refractivity (Wildman–Crippen MR) is 213 cm³/mol. The van der Waals surface area contributed by atoms with Gasteiger partial charge in [-0.1, -0.05) is 36.4 Å². The molecule has 9 N–H and O–H groups in total. The number of carbonyl (C=O) groups excluding carboxylic acids is 3. The Labute approximate surface area is 319 Å². The Balaban J connectivity index is 1.26. The topological polar surface area (TPSA) is 204 Å². The first-order valence-corrected chi connectivity index (χ1v) is 17.6. The molecule has 6 aromatic rings. The molecule has 0 unspecified atom stereocenters. The smallest absolute Gasteiger partial charge is 0.248 e. The van der Waals surface area contributed by atoms with Gasteiger partial charge in [0.15, 0.2) is 0 Å². The van der Waals surface area contributed by atoms with Crippen LogP contribution in [-0.2, 0) is 31.0 Å². The minimum absolute atomic E-state index is 0.274. The van der Waals surface area contributed by atoms with Crippen molar-refractivity contribution in [2.75, 3.05) is 16.0 Å². The number of aromatic nitrogens is 3. The molecule has 0 saturated carbocycles. The molecule has 0 aliphatic carbocycles. The van der Waals surface area contributed by atoms with Crippen LogP contribution in [0.15, 0.2) is 146 Å². The Morgan fingerprint density at radius 2 is 0.636 bits per heavy atom. The summed E-state index contributed by atoms with van der Waals surface area (Å²) in [5, 5.41) is 8.80. The summed E-state index contributed by atoms with van der Waals surface area (Å²) in [4.78, 5) is 51.8. The molecule has 0 saturated heterocycles. The van der Waals surface area contributed by atoms with Gasteiger partial charge in [0, 0.05) is 60.2 Å². The summed E-state index contributed by atoms with van der Waals surface area (Å²) in [6.07, 6.45) is 9.58. The van der Waals surface area contributed by atoms with E-state index < -0.39 is 16.6 Å². The summed E-state index contributed by atoms with van der Waals surface area (Å²) < 4.78 is 0. The first-order valence-electron chi connectivity index (χ1n) is 17.6. The quantitative estimate of drug-likeness (QED) is 0.0879. The predicted octanol–water partition coefficient (Wildman–Crippen LogP) is 5.49. The fourth-order valence-corrected chi connectivity index (χ4v) is 6.12. The third kappa shape index (κ3) is 8.47. The van der Waals surface area contributed by atoms with Crippen molar-refractivity contribution in [1.82, 2.24) is 15.0 Å². The number of benzene rings is 3. The molecule has 12 nitrogen and oxygen atoms in total. The van der Waals surface area contributed by atoms with Crippen molar-refractivity contribution in [3.05, 3.63) is 180 Å². The van der Waals surface area contributed by atoms with Gasteiger partial charge in [-0.2, -0.15) is 0 Å². The van der Waals surface area contributed by atoms with Gasteiger partial charge in [-0.05, 0) is 127 Å². The van der Waals surface area contributed by atoms with E-state index in [0.717, 1.165) is 16.7 Å². The molecule has 0 fully saturated rings.